The van der Waals surface area contributed by atoms with E-state index >= 15 is 0 Å². The van der Waals surface area contributed by atoms with E-state index in [-0.39, 0.29) is 11.7 Å². The fraction of sp³-hybridized carbons (Fsp3) is 0.182. The Balaban J connectivity index is 1.55. The predicted octanol–water partition coefficient (Wildman–Crippen LogP) is 4.47. The number of pyridine rings is 1. The molecule has 4 rings (SSSR count). The summed E-state index contributed by atoms with van der Waals surface area (Å²) in [5.41, 5.74) is 1.76. The molecule has 8 nitrogen and oxygen atoms in total. The number of amides is 2. The first kappa shape index (κ1) is 21.2. The number of H-pyrrole nitrogens is 1. The van der Waals surface area contributed by atoms with Crippen molar-refractivity contribution in [1.29, 1.82) is 0 Å². The summed E-state index contributed by atoms with van der Waals surface area (Å²) in [6, 6.07) is 10.2. The number of nitrogens with one attached hydrogen (secondary N) is 3. The second kappa shape index (κ2) is 8.96. The molecular formula is C22H21F2N7O. The summed E-state index contributed by atoms with van der Waals surface area (Å²) in [6.45, 7) is 2.33. The Kier molecular flexibility index (Phi) is 5.93. The fourth-order valence-electron chi connectivity index (χ4n) is 3.34. The molecule has 32 heavy (non-hydrogen) atoms. The minimum Gasteiger partial charge on any atom is -0.364 e. The van der Waals surface area contributed by atoms with Gasteiger partial charge in [0.15, 0.2) is 11.6 Å². The maximum absolute atomic E-state index is 13.5. The molecule has 4 aromatic rings. The van der Waals surface area contributed by atoms with Crippen LogP contribution in [-0.2, 0) is 6.54 Å². The predicted molar refractivity (Wildman–Crippen MR) is 117 cm³/mol. The molecule has 2 amide bonds. The van der Waals surface area contributed by atoms with E-state index in [9.17, 15) is 13.6 Å². The number of carbonyl (C=O) groups is 1. The van der Waals surface area contributed by atoms with E-state index in [1.165, 1.54) is 11.0 Å². The number of aromatic amines is 1. The highest BCUT2D eigenvalue weighted by atomic mass is 19.2. The van der Waals surface area contributed by atoms with Gasteiger partial charge in [0.1, 0.15) is 11.5 Å². The van der Waals surface area contributed by atoms with Gasteiger partial charge in [0.05, 0.1) is 18.8 Å². The monoisotopic (exact) mass is 437 g/mol. The molecule has 0 saturated heterocycles. The molecule has 0 saturated carbocycles. The van der Waals surface area contributed by atoms with Gasteiger partial charge in [0, 0.05) is 35.9 Å². The first-order valence-electron chi connectivity index (χ1n) is 9.89. The number of benzene rings is 2. The molecule has 1 atom stereocenters. The minimum absolute atomic E-state index is 0.170. The van der Waals surface area contributed by atoms with Gasteiger partial charge in [-0.3, -0.25) is 0 Å². The van der Waals surface area contributed by atoms with Crippen molar-refractivity contribution in [3.05, 3.63) is 77.8 Å². The van der Waals surface area contributed by atoms with E-state index in [4.69, 9.17) is 0 Å². The van der Waals surface area contributed by atoms with E-state index in [2.05, 4.69) is 31.0 Å². The smallest absolute Gasteiger partial charge is 0.322 e. The zero-order chi connectivity index (χ0) is 22.7. The molecule has 0 aliphatic rings. The number of hydrogen-bond donors (Lipinski definition) is 3. The minimum atomic E-state index is -1.03. The van der Waals surface area contributed by atoms with Gasteiger partial charge >= 0.3 is 6.03 Å². The Hall–Kier alpha value is -4.08. The quantitative estimate of drug-likeness (QED) is 0.413. The molecule has 3 N–H and O–H groups in total. The van der Waals surface area contributed by atoms with E-state index in [0.29, 0.717) is 12.4 Å². The number of anilines is 2. The van der Waals surface area contributed by atoms with Crippen molar-refractivity contribution in [2.24, 2.45) is 0 Å². The molecule has 0 spiro atoms. The van der Waals surface area contributed by atoms with Gasteiger partial charge in [0.2, 0.25) is 0 Å². The molecule has 10 heteroatoms. The summed E-state index contributed by atoms with van der Waals surface area (Å²) < 4.78 is 26.6. The Morgan fingerprint density at radius 2 is 1.91 bits per heavy atom. The number of halogens is 2. The zero-order valence-corrected chi connectivity index (χ0v) is 17.4. The molecule has 164 valence electrons. The standard InChI is InChI=1S/C22H21F2N7O/c1-13(31(2)22(32)28-14-7-8-19(23)20(24)9-14)18-12-26-21(17-6-4-3-5-16(17)18)25-10-15-11-27-30-29-15/h3-9,11-13H,10H2,1-2H3,(H,25,26)(H,28,32)(H,27,29,30). The Bertz CT molecular complexity index is 1250. The van der Waals surface area contributed by atoms with Crippen LogP contribution in [0.5, 0.6) is 0 Å². The van der Waals surface area contributed by atoms with Crippen LogP contribution in [0.1, 0.15) is 24.2 Å². The summed E-state index contributed by atoms with van der Waals surface area (Å²) in [4.78, 5) is 18.7. The SMILES string of the molecule is CC(c1cnc(NCc2cn[nH]n2)c2ccccc12)N(C)C(=O)Nc1ccc(F)c(F)c1. The molecule has 2 aromatic carbocycles. The Labute approximate surface area is 182 Å². The number of aromatic nitrogens is 4. The molecule has 0 fully saturated rings. The van der Waals surface area contributed by atoms with Crippen LogP contribution in [-0.4, -0.2) is 38.4 Å². The second-order valence-electron chi connectivity index (χ2n) is 7.27. The van der Waals surface area contributed by atoms with Crippen LogP contribution in [0.2, 0.25) is 0 Å². The first-order valence-corrected chi connectivity index (χ1v) is 9.89. The Morgan fingerprint density at radius 3 is 2.62 bits per heavy atom. The Morgan fingerprint density at radius 1 is 1.12 bits per heavy atom. The number of carbonyl (C=O) groups excluding carboxylic acids is 1. The molecule has 2 heterocycles. The summed E-state index contributed by atoms with van der Waals surface area (Å²) in [5, 5.41) is 18.1. The summed E-state index contributed by atoms with van der Waals surface area (Å²) in [6.07, 6.45) is 3.35. The third kappa shape index (κ3) is 4.34. The lowest BCUT2D eigenvalue weighted by molar-refractivity contribution is 0.208. The number of hydrogen-bond acceptors (Lipinski definition) is 5. The number of nitrogens with zero attached hydrogens (tertiary/aromatic N) is 4. The van der Waals surface area contributed by atoms with Gasteiger partial charge in [0.25, 0.3) is 0 Å². The third-order valence-corrected chi connectivity index (χ3v) is 5.25. The van der Waals surface area contributed by atoms with Crippen molar-refractivity contribution < 1.29 is 13.6 Å². The van der Waals surface area contributed by atoms with Crippen molar-refractivity contribution >= 4 is 28.3 Å². The van der Waals surface area contributed by atoms with Crippen molar-refractivity contribution in [3.8, 4) is 0 Å². The van der Waals surface area contributed by atoms with Crippen LogP contribution in [0.3, 0.4) is 0 Å². The summed E-state index contributed by atoms with van der Waals surface area (Å²) in [7, 11) is 1.63. The maximum Gasteiger partial charge on any atom is 0.322 e. The number of fused-ring (bicyclic) bond motifs is 1. The summed E-state index contributed by atoms with van der Waals surface area (Å²) >= 11 is 0. The highest BCUT2D eigenvalue weighted by Gasteiger charge is 2.21. The van der Waals surface area contributed by atoms with Gasteiger partial charge < -0.3 is 15.5 Å². The molecule has 2 aromatic heterocycles. The zero-order valence-electron chi connectivity index (χ0n) is 17.4. The number of rotatable bonds is 6. The molecular weight excluding hydrogens is 416 g/mol. The second-order valence-corrected chi connectivity index (χ2v) is 7.27. The molecule has 1 unspecified atom stereocenters. The van der Waals surface area contributed by atoms with Gasteiger partial charge in [-0.1, -0.05) is 24.3 Å². The maximum atomic E-state index is 13.5. The van der Waals surface area contributed by atoms with E-state index < -0.39 is 17.7 Å². The van der Waals surface area contributed by atoms with Crippen LogP contribution in [0.4, 0.5) is 25.1 Å². The van der Waals surface area contributed by atoms with Crippen LogP contribution in [0, 0.1) is 11.6 Å². The number of urea groups is 1. The molecule has 0 aliphatic carbocycles. The third-order valence-electron chi connectivity index (χ3n) is 5.25. The van der Waals surface area contributed by atoms with E-state index in [1.54, 1.807) is 19.4 Å². The lowest BCUT2D eigenvalue weighted by Gasteiger charge is -2.27. The normalized spacial score (nSPS) is 11.9. The van der Waals surface area contributed by atoms with Gasteiger partial charge in [-0.15, -0.1) is 0 Å². The summed E-state index contributed by atoms with van der Waals surface area (Å²) in [5.74, 6) is -1.31. The topological polar surface area (TPSA) is 98.8 Å². The lowest BCUT2D eigenvalue weighted by atomic mass is 10.0. The van der Waals surface area contributed by atoms with E-state index in [0.717, 1.165) is 34.2 Å². The fourth-order valence-corrected chi connectivity index (χ4v) is 3.34. The van der Waals surface area contributed by atoms with Crippen molar-refractivity contribution in [1.82, 2.24) is 25.3 Å². The molecule has 0 bridgehead atoms. The van der Waals surface area contributed by atoms with Crippen LogP contribution >= 0.6 is 0 Å². The largest absolute Gasteiger partial charge is 0.364 e. The van der Waals surface area contributed by atoms with Crippen molar-refractivity contribution in [3.63, 3.8) is 0 Å². The average Bonchev–Trinajstić information content (AvgIpc) is 3.32. The van der Waals surface area contributed by atoms with Crippen molar-refractivity contribution in [2.75, 3.05) is 17.7 Å². The highest BCUT2D eigenvalue weighted by Crippen LogP contribution is 2.31. The van der Waals surface area contributed by atoms with E-state index in [1.807, 2.05) is 31.2 Å². The molecule has 0 radical (unpaired) electrons. The van der Waals surface area contributed by atoms with Gasteiger partial charge in [-0.05, 0) is 24.4 Å². The average molecular weight is 437 g/mol. The lowest BCUT2D eigenvalue weighted by Crippen LogP contribution is -2.33. The van der Waals surface area contributed by atoms with Crippen LogP contribution in [0.15, 0.2) is 54.9 Å². The van der Waals surface area contributed by atoms with Gasteiger partial charge in [-0.25, -0.2) is 18.6 Å². The highest BCUT2D eigenvalue weighted by molar-refractivity contribution is 5.95. The first-order chi connectivity index (χ1) is 15.4. The van der Waals surface area contributed by atoms with Gasteiger partial charge in [-0.2, -0.15) is 15.4 Å². The van der Waals surface area contributed by atoms with Crippen molar-refractivity contribution in [2.45, 2.75) is 19.5 Å². The molecule has 0 aliphatic heterocycles. The van der Waals surface area contributed by atoms with Crippen LogP contribution in [0.25, 0.3) is 10.8 Å². The van der Waals surface area contributed by atoms with Crippen LogP contribution < -0.4 is 10.6 Å².